The largest absolute Gasteiger partial charge is 0.490 e. The van der Waals surface area contributed by atoms with Gasteiger partial charge in [-0.3, -0.25) is 0 Å². The monoisotopic (exact) mass is 345 g/mol. The van der Waals surface area contributed by atoms with Gasteiger partial charge in [0.15, 0.2) is 0 Å². The van der Waals surface area contributed by atoms with Crippen LogP contribution in [0.5, 0.6) is 5.75 Å². The number of nitrogens with zero attached hydrogens (tertiary/aromatic N) is 1. The van der Waals surface area contributed by atoms with Crippen LogP contribution in [0.3, 0.4) is 0 Å². The molecule has 0 radical (unpaired) electrons. The fraction of sp³-hybridized carbons (Fsp3) is 0.227. The number of piperidine rings is 1. The van der Waals surface area contributed by atoms with Crippen LogP contribution < -0.4 is 15.4 Å². The summed E-state index contributed by atoms with van der Waals surface area (Å²) < 4.78 is 6.08. The number of para-hydroxylation sites is 1. The van der Waals surface area contributed by atoms with E-state index in [1.165, 1.54) is 0 Å². The molecule has 4 nitrogen and oxygen atoms in total. The van der Waals surface area contributed by atoms with Crippen LogP contribution in [0.25, 0.3) is 11.1 Å². The summed E-state index contributed by atoms with van der Waals surface area (Å²) in [6, 6.07) is 22.5. The van der Waals surface area contributed by atoms with Crippen molar-refractivity contribution in [3.63, 3.8) is 0 Å². The molecule has 26 heavy (non-hydrogen) atoms. The Hall–Kier alpha value is -2.85. The van der Waals surface area contributed by atoms with Crippen molar-refractivity contribution in [3.05, 3.63) is 72.9 Å². The summed E-state index contributed by atoms with van der Waals surface area (Å²) in [5.41, 5.74) is 3.32. The van der Waals surface area contributed by atoms with Gasteiger partial charge in [-0.25, -0.2) is 4.98 Å². The van der Waals surface area contributed by atoms with Gasteiger partial charge in [0, 0.05) is 11.9 Å². The van der Waals surface area contributed by atoms with Crippen molar-refractivity contribution in [3.8, 4) is 16.9 Å². The molecule has 1 aliphatic rings. The molecule has 2 aromatic carbocycles. The highest BCUT2D eigenvalue weighted by atomic mass is 16.5. The lowest BCUT2D eigenvalue weighted by Crippen LogP contribution is -2.34. The molecule has 0 spiro atoms. The van der Waals surface area contributed by atoms with Crippen molar-refractivity contribution in [2.75, 3.05) is 18.4 Å². The number of hydrogen-bond acceptors (Lipinski definition) is 4. The molecule has 2 N–H and O–H groups in total. The second-order valence-corrected chi connectivity index (χ2v) is 6.51. The second-order valence-electron chi connectivity index (χ2n) is 6.51. The maximum Gasteiger partial charge on any atom is 0.130 e. The van der Waals surface area contributed by atoms with Crippen molar-refractivity contribution >= 4 is 11.5 Å². The summed E-state index contributed by atoms with van der Waals surface area (Å²) in [6.45, 7) is 2.08. The van der Waals surface area contributed by atoms with E-state index in [1.807, 2.05) is 42.6 Å². The zero-order chi connectivity index (χ0) is 17.6. The van der Waals surface area contributed by atoms with Crippen molar-refractivity contribution < 1.29 is 4.74 Å². The predicted octanol–water partition coefficient (Wildman–Crippen LogP) is 4.62. The first kappa shape index (κ1) is 16.6. The minimum atomic E-state index is 0.324. The summed E-state index contributed by atoms with van der Waals surface area (Å²) in [5.74, 6) is 1.78. The van der Waals surface area contributed by atoms with Gasteiger partial charge in [-0.2, -0.15) is 0 Å². The smallest absolute Gasteiger partial charge is 0.130 e. The highest BCUT2D eigenvalue weighted by Crippen LogP contribution is 2.26. The Balaban J connectivity index is 1.46. The lowest BCUT2D eigenvalue weighted by Gasteiger charge is -2.23. The van der Waals surface area contributed by atoms with E-state index >= 15 is 0 Å². The molecule has 132 valence electrons. The third-order valence-electron chi connectivity index (χ3n) is 4.58. The Kier molecular flexibility index (Phi) is 5.12. The number of pyridine rings is 1. The minimum Gasteiger partial charge on any atom is -0.490 e. The standard InChI is InChI=1S/C22H23N3O/c1-2-4-19(5-3-1)25-22-16-18(10-15-24-22)17-6-8-20(9-7-17)26-21-11-13-23-14-12-21/h1-10,15-16,21,23H,11-14H2,(H,24,25). The van der Waals surface area contributed by atoms with Crippen molar-refractivity contribution in [1.82, 2.24) is 10.3 Å². The van der Waals surface area contributed by atoms with Gasteiger partial charge in [-0.15, -0.1) is 0 Å². The molecule has 0 atom stereocenters. The van der Waals surface area contributed by atoms with E-state index in [0.717, 1.165) is 54.3 Å². The zero-order valence-electron chi connectivity index (χ0n) is 14.7. The van der Waals surface area contributed by atoms with Gasteiger partial charge in [0.1, 0.15) is 17.7 Å². The molecule has 1 aromatic heterocycles. The Morgan fingerprint density at radius 1 is 0.885 bits per heavy atom. The normalized spacial score (nSPS) is 14.8. The Morgan fingerprint density at radius 3 is 2.42 bits per heavy atom. The molecule has 4 heteroatoms. The quantitative estimate of drug-likeness (QED) is 0.708. The first-order chi connectivity index (χ1) is 12.9. The van der Waals surface area contributed by atoms with Crippen LogP contribution in [0.15, 0.2) is 72.9 Å². The topological polar surface area (TPSA) is 46.2 Å². The average Bonchev–Trinajstić information content (AvgIpc) is 2.70. The molecule has 2 heterocycles. The van der Waals surface area contributed by atoms with E-state index in [0.29, 0.717) is 6.10 Å². The molecular weight excluding hydrogens is 322 g/mol. The van der Waals surface area contributed by atoms with Gasteiger partial charge in [0.25, 0.3) is 0 Å². The predicted molar refractivity (Wildman–Crippen MR) is 106 cm³/mol. The van der Waals surface area contributed by atoms with E-state index in [1.54, 1.807) is 0 Å². The Labute approximate surface area is 154 Å². The maximum atomic E-state index is 6.08. The Bertz CT molecular complexity index is 828. The van der Waals surface area contributed by atoms with Crippen LogP contribution in [0, 0.1) is 0 Å². The number of rotatable bonds is 5. The summed E-state index contributed by atoms with van der Waals surface area (Å²) in [5, 5.41) is 6.70. The molecule has 3 aromatic rings. The molecule has 0 aliphatic carbocycles. The third-order valence-corrected chi connectivity index (χ3v) is 4.58. The molecule has 1 aliphatic heterocycles. The molecule has 1 fully saturated rings. The molecule has 0 bridgehead atoms. The van der Waals surface area contributed by atoms with E-state index < -0.39 is 0 Å². The van der Waals surface area contributed by atoms with Gasteiger partial charge >= 0.3 is 0 Å². The van der Waals surface area contributed by atoms with E-state index in [4.69, 9.17) is 4.74 Å². The first-order valence-corrected chi connectivity index (χ1v) is 9.13. The van der Waals surface area contributed by atoms with Crippen LogP contribution in [-0.2, 0) is 0 Å². The number of ether oxygens (including phenoxy) is 1. The summed E-state index contributed by atoms with van der Waals surface area (Å²) in [6.07, 6.45) is 4.30. The number of anilines is 2. The van der Waals surface area contributed by atoms with E-state index in [-0.39, 0.29) is 0 Å². The molecule has 4 rings (SSSR count). The van der Waals surface area contributed by atoms with Crippen molar-refractivity contribution in [2.45, 2.75) is 18.9 Å². The zero-order valence-corrected chi connectivity index (χ0v) is 14.7. The molecular formula is C22H23N3O. The summed E-state index contributed by atoms with van der Waals surface area (Å²) in [4.78, 5) is 4.41. The van der Waals surface area contributed by atoms with Crippen LogP contribution in [0.2, 0.25) is 0 Å². The fourth-order valence-electron chi connectivity index (χ4n) is 3.18. The van der Waals surface area contributed by atoms with Crippen molar-refractivity contribution in [1.29, 1.82) is 0 Å². The molecule has 0 amide bonds. The van der Waals surface area contributed by atoms with Crippen LogP contribution in [0.4, 0.5) is 11.5 Å². The highest BCUT2D eigenvalue weighted by molar-refractivity contribution is 5.68. The minimum absolute atomic E-state index is 0.324. The number of benzene rings is 2. The number of hydrogen-bond donors (Lipinski definition) is 2. The van der Waals surface area contributed by atoms with Gasteiger partial charge in [0.05, 0.1) is 0 Å². The van der Waals surface area contributed by atoms with E-state index in [2.05, 4.69) is 45.9 Å². The lowest BCUT2D eigenvalue weighted by molar-refractivity contribution is 0.162. The summed E-state index contributed by atoms with van der Waals surface area (Å²) in [7, 11) is 0. The summed E-state index contributed by atoms with van der Waals surface area (Å²) >= 11 is 0. The van der Waals surface area contributed by atoms with Crippen LogP contribution >= 0.6 is 0 Å². The van der Waals surface area contributed by atoms with Gasteiger partial charge in [0.2, 0.25) is 0 Å². The number of nitrogens with one attached hydrogen (secondary N) is 2. The molecule has 0 saturated carbocycles. The number of aromatic nitrogens is 1. The second kappa shape index (κ2) is 8.02. The third kappa shape index (κ3) is 4.21. The highest BCUT2D eigenvalue weighted by Gasteiger charge is 2.14. The van der Waals surface area contributed by atoms with Crippen molar-refractivity contribution in [2.24, 2.45) is 0 Å². The maximum absolute atomic E-state index is 6.08. The molecule has 0 unspecified atom stereocenters. The fourth-order valence-corrected chi connectivity index (χ4v) is 3.18. The first-order valence-electron chi connectivity index (χ1n) is 9.13. The van der Waals surface area contributed by atoms with Crippen LogP contribution in [0.1, 0.15) is 12.8 Å². The van der Waals surface area contributed by atoms with Gasteiger partial charge in [-0.1, -0.05) is 30.3 Å². The Morgan fingerprint density at radius 2 is 1.65 bits per heavy atom. The SMILES string of the molecule is c1ccc(Nc2cc(-c3ccc(OC4CCNCC4)cc3)ccn2)cc1. The van der Waals surface area contributed by atoms with E-state index in [9.17, 15) is 0 Å². The van der Waals surface area contributed by atoms with Gasteiger partial charge in [-0.05, 0) is 73.5 Å². The van der Waals surface area contributed by atoms with Crippen LogP contribution in [-0.4, -0.2) is 24.2 Å². The molecule has 1 saturated heterocycles. The lowest BCUT2D eigenvalue weighted by atomic mass is 10.1. The average molecular weight is 345 g/mol. The van der Waals surface area contributed by atoms with Gasteiger partial charge < -0.3 is 15.4 Å².